The van der Waals surface area contributed by atoms with Crippen LogP contribution in [0.2, 0.25) is 0 Å². The van der Waals surface area contributed by atoms with Crippen LogP contribution in [0.3, 0.4) is 0 Å². The van der Waals surface area contributed by atoms with Gasteiger partial charge < -0.3 is 11.1 Å². The molecule has 0 aliphatic rings. The maximum atomic E-state index is 12.0. The summed E-state index contributed by atoms with van der Waals surface area (Å²) in [4.78, 5) is 12.8. The number of carbonyl (C=O) groups excluding carboxylic acids is 1. The van der Waals surface area contributed by atoms with E-state index >= 15 is 0 Å². The van der Waals surface area contributed by atoms with Gasteiger partial charge in [0.1, 0.15) is 0 Å². The van der Waals surface area contributed by atoms with Gasteiger partial charge in [0.15, 0.2) is 0 Å². The fourth-order valence-electron chi connectivity index (χ4n) is 1.61. The zero-order valence-electron chi connectivity index (χ0n) is 9.78. The second-order valence-electron chi connectivity index (χ2n) is 3.96. The first-order valence-corrected chi connectivity index (χ1v) is 6.17. The van der Waals surface area contributed by atoms with Gasteiger partial charge in [-0.2, -0.15) is 0 Å². The Morgan fingerprint density at radius 3 is 2.59 bits per heavy atom. The molecule has 0 bridgehead atoms. The Morgan fingerprint density at radius 1 is 1.24 bits per heavy atom. The highest BCUT2D eigenvalue weighted by atomic mass is 32.1. The van der Waals surface area contributed by atoms with Crippen LogP contribution in [0.4, 0.5) is 11.4 Å². The fourth-order valence-corrected chi connectivity index (χ4v) is 2.43. The van der Waals surface area contributed by atoms with Crippen molar-refractivity contribution in [3.63, 3.8) is 0 Å². The molecular formula is C13H14N2OS. The monoisotopic (exact) mass is 246 g/mol. The smallest absolute Gasteiger partial charge is 0.266 e. The predicted molar refractivity (Wildman–Crippen MR) is 72.6 cm³/mol. The number of hydrogen-bond donors (Lipinski definition) is 2. The summed E-state index contributed by atoms with van der Waals surface area (Å²) in [5.74, 6) is -0.0645. The summed E-state index contributed by atoms with van der Waals surface area (Å²) in [5.41, 5.74) is 9.14. The van der Waals surface area contributed by atoms with Gasteiger partial charge in [0, 0.05) is 11.4 Å². The van der Waals surface area contributed by atoms with Gasteiger partial charge in [-0.25, -0.2) is 0 Å². The molecule has 0 saturated heterocycles. The van der Waals surface area contributed by atoms with E-state index in [0.717, 1.165) is 21.7 Å². The molecule has 1 amide bonds. The molecule has 0 aliphatic carbocycles. The normalized spacial score (nSPS) is 10.2. The van der Waals surface area contributed by atoms with Crippen molar-refractivity contribution in [1.82, 2.24) is 0 Å². The standard InChI is InChI=1S/C13H14N2OS/c1-8-5-6-17-12(8)13(16)15-11-4-3-10(14)7-9(11)2/h3-7H,14H2,1-2H3,(H,15,16). The Balaban J connectivity index is 2.22. The van der Waals surface area contributed by atoms with Crippen molar-refractivity contribution in [2.24, 2.45) is 0 Å². The van der Waals surface area contributed by atoms with E-state index in [2.05, 4.69) is 5.32 Å². The van der Waals surface area contributed by atoms with Gasteiger partial charge in [-0.3, -0.25) is 4.79 Å². The lowest BCUT2D eigenvalue weighted by atomic mass is 10.1. The summed E-state index contributed by atoms with van der Waals surface area (Å²) >= 11 is 1.45. The highest BCUT2D eigenvalue weighted by Crippen LogP contribution is 2.21. The zero-order valence-corrected chi connectivity index (χ0v) is 10.6. The zero-order chi connectivity index (χ0) is 12.4. The van der Waals surface area contributed by atoms with E-state index in [1.807, 2.05) is 37.4 Å². The van der Waals surface area contributed by atoms with E-state index < -0.39 is 0 Å². The van der Waals surface area contributed by atoms with E-state index in [1.165, 1.54) is 11.3 Å². The fraction of sp³-hybridized carbons (Fsp3) is 0.154. The van der Waals surface area contributed by atoms with Crippen LogP contribution in [0, 0.1) is 13.8 Å². The third-order valence-electron chi connectivity index (χ3n) is 2.57. The number of nitrogens with two attached hydrogens (primary N) is 1. The summed E-state index contributed by atoms with van der Waals surface area (Å²) in [6.07, 6.45) is 0. The quantitative estimate of drug-likeness (QED) is 0.799. The lowest BCUT2D eigenvalue weighted by molar-refractivity contribution is 0.103. The molecule has 0 unspecified atom stereocenters. The lowest BCUT2D eigenvalue weighted by Crippen LogP contribution is -2.12. The number of rotatable bonds is 2. The summed E-state index contributed by atoms with van der Waals surface area (Å²) in [6.45, 7) is 3.86. The highest BCUT2D eigenvalue weighted by molar-refractivity contribution is 7.12. The molecule has 0 atom stereocenters. The van der Waals surface area contributed by atoms with Gasteiger partial charge >= 0.3 is 0 Å². The molecule has 2 rings (SSSR count). The van der Waals surface area contributed by atoms with Gasteiger partial charge in [0.25, 0.3) is 5.91 Å². The molecule has 0 radical (unpaired) electrons. The van der Waals surface area contributed by atoms with Gasteiger partial charge in [0.2, 0.25) is 0 Å². The Morgan fingerprint density at radius 2 is 2.00 bits per heavy atom. The van der Waals surface area contributed by atoms with Gasteiger partial charge in [0.05, 0.1) is 4.88 Å². The largest absolute Gasteiger partial charge is 0.399 e. The molecule has 3 N–H and O–H groups in total. The predicted octanol–water partition coefficient (Wildman–Crippen LogP) is 3.20. The number of hydrogen-bond acceptors (Lipinski definition) is 3. The molecular weight excluding hydrogens is 232 g/mol. The molecule has 3 nitrogen and oxygen atoms in total. The van der Waals surface area contributed by atoms with Gasteiger partial charge in [-0.05, 0) is 54.6 Å². The van der Waals surface area contributed by atoms with Crippen molar-refractivity contribution in [3.8, 4) is 0 Å². The lowest BCUT2D eigenvalue weighted by Gasteiger charge is -2.08. The number of thiophene rings is 1. The van der Waals surface area contributed by atoms with Crippen molar-refractivity contribution in [1.29, 1.82) is 0 Å². The third-order valence-corrected chi connectivity index (χ3v) is 3.58. The van der Waals surface area contributed by atoms with Crippen molar-refractivity contribution in [2.75, 3.05) is 11.1 Å². The number of amides is 1. The molecule has 0 spiro atoms. The Hall–Kier alpha value is -1.81. The average molecular weight is 246 g/mol. The molecule has 1 heterocycles. The van der Waals surface area contributed by atoms with Crippen molar-refractivity contribution in [2.45, 2.75) is 13.8 Å². The van der Waals surface area contributed by atoms with E-state index in [1.54, 1.807) is 6.07 Å². The number of nitrogen functional groups attached to an aromatic ring is 1. The van der Waals surface area contributed by atoms with Crippen LogP contribution in [-0.4, -0.2) is 5.91 Å². The van der Waals surface area contributed by atoms with Crippen molar-refractivity contribution < 1.29 is 4.79 Å². The van der Waals surface area contributed by atoms with E-state index in [0.29, 0.717) is 5.69 Å². The molecule has 0 aliphatic heterocycles. The molecule has 17 heavy (non-hydrogen) atoms. The number of aryl methyl sites for hydroxylation is 2. The minimum atomic E-state index is -0.0645. The van der Waals surface area contributed by atoms with Crippen LogP contribution in [0.15, 0.2) is 29.6 Å². The first-order valence-electron chi connectivity index (χ1n) is 5.29. The molecule has 1 aromatic carbocycles. The first-order chi connectivity index (χ1) is 8.08. The second-order valence-corrected chi connectivity index (χ2v) is 4.88. The number of carbonyl (C=O) groups is 1. The van der Waals surface area contributed by atoms with Gasteiger partial charge in [-0.15, -0.1) is 11.3 Å². The summed E-state index contributed by atoms with van der Waals surface area (Å²) in [6, 6.07) is 7.39. The maximum Gasteiger partial charge on any atom is 0.266 e. The summed E-state index contributed by atoms with van der Waals surface area (Å²) < 4.78 is 0. The second kappa shape index (κ2) is 4.59. The topological polar surface area (TPSA) is 55.1 Å². The third kappa shape index (κ3) is 2.47. The molecule has 0 saturated carbocycles. The number of benzene rings is 1. The van der Waals surface area contributed by atoms with Crippen LogP contribution in [0.25, 0.3) is 0 Å². The van der Waals surface area contributed by atoms with E-state index in [4.69, 9.17) is 5.73 Å². The Kier molecular flexibility index (Phi) is 3.15. The van der Waals surface area contributed by atoms with Crippen LogP contribution in [0.1, 0.15) is 20.8 Å². The minimum absolute atomic E-state index is 0.0645. The first kappa shape index (κ1) is 11.7. The molecule has 0 fully saturated rings. The maximum absolute atomic E-state index is 12.0. The van der Waals surface area contributed by atoms with E-state index in [-0.39, 0.29) is 5.91 Å². The summed E-state index contributed by atoms with van der Waals surface area (Å²) in [5, 5.41) is 4.81. The highest BCUT2D eigenvalue weighted by Gasteiger charge is 2.11. The number of nitrogens with one attached hydrogen (secondary N) is 1. The summed E-state index contributed by atoms with van der Waals surface area (Å²) in [7, 11) is 0. The van der Waals surface area contributed by atoms with Crippen molar-refractivity contribution in [3.05, 3.63) is 45.6 Å². The average Bonchev–Trinajstić information content (AvgIpc) is 2.68. The van der Waals surface area contributed by atoms with Crippen LogP contribution < -0.4 is 11.1 Å². The van der Waals surface area contributed by atoms with Crippen LogP contribution >= 0.6 is 11.3 Å². The van der Waals surface area contributed by atoms with Crippen LogP contribution in [0.5, 0.6) is 0 Å². The minimum Gasteiger partial charge on any atom is -0.399 e. The van der Waals surface area contributed by atoms with Gasteiger partial charge in [-0.1, -0.05) is 0 Å². The number of anilines is 2. The Bertz CT molecular complexity index is 560. The molecule has 88 valence electrons. The molecule has 2 aromatic rings. The van der Waals surface area contributed by atoms with E-state index in [9.17, 15) is 4.79 Å². The van der Waals surface area contributed by atoms with Crippen molar-refractivity contribution >= 4 is 28.6 Å². The molecule has 4 heteroatoms. The molecule has 1 aromatic heterocycles. The SMILES string of the molecule is Cc1cc(N)ccc1NC(=O)c1sccc1C. The Labute approximate surface area is 104 Å². The van der Waals surface area contributed by atoms with Crippen LogP contribution in [-0.2, 0) is 0 Å².